The molecule has 0 spiro atoms. The summed E-state index contributed by atoms with van der Waals surface area (Å²) in [7, 11) is 0. The molecule has 1 rings (SSSR count). The lowest BCUT2D eigenvalue weighted by Gasteiger charge is -2.09. The van der Waals surface area contributed by atoms with Crippen molar-refractivity contribution < 1.29 is 19.8 Å². The van der Waals surface area contributed by atoms with E-state index in [0.717, 1.165) is 0 Å². The Morgan fingerprint density at radius 2 is 1.94 bits per heavy atom. The lowest BCUT2D eigenvalue weighted by atomic mass is 10.1. The van der Waals surface area contributed by atoms with E-state index in [1.165, 1.54) is 0 Å². The minimum atomic E-state index is -0.913. The third kappa shape index (κ3) is 2.97. The summed E-state index contributed by atoms with van der Waals surface area (Å²) >= 11 is 0. The second-order valence-corrected chi connectivity index (χ2v) is 5.26. The van der Waals surface area contributed by atoms with E-state index in [4.69, 9.17) is 5.11 Å². The average Bonchev–Trinajstić information content (AvgIpc) is 2.81. The monoisotopic (exact) mass is 243 g/mol. The van der Waals surface area contributed by atoms with Gasteiger partial charge in [0.15, 0.2) is 0 Å². The molecule has 0 bridgehead atoms. The van der Waals surface area contributed by atoms with Crippen LogP contribution >= 0.6 is 0 Å². The van der Waals surface area contributed by atoms with Crippen LogP contribution in [0.15, 0.2) is 0 Å². The Labute approximate surface area is 101 Å². The van der Waals surface area contributed by atoms with Gasteiger partial charge in [-0.25, -0.2) is 0 Å². The first kappa shape index (κ1) is 14.0. The molecule has 17 heavy (non-hydrogen) atoms. The van der Waals surface area contributed by atoms with Gasteiger partial charge in [-0.05, 0) is 18.3 Å². The summed E-state index contributed by atoms with van der Waals surface area (Å²) in [6.45, 7) is 5.84. The number of nitrogens with one attached hydrogen (secondary N) is 1. The number of rotatable bonds is 6. The molecule has 1 amide bonds. The molecule has 0 radical (unpaired) electrons. The van der Waals surface area contributed by atoms with Gasteiger partial charge in [-0.1, -0.05) is 20.8 Å². The molecule has 1 aliphatic carbocycles. The van der Waals surface area contributed by atoms with Gasteiger partial charge in [0.1, 0.15) is 0 Å². The highest BCUT2D eigenvalue weighted by atomic mass is 16.4. The standard InChI is InChI=1S/C12H21NO4/c1-4-7(14)5-6-13-10(15)8-9(11(16)17)12(8,2)3/h7-9,14H,4-6H2,1-3H3,(H,13,15)(H,16,17). The van der Waals surface area contributed by atoms with Gasteiger partial charge < -0.3 is 15.5 Å². The number of aliphatic carboxylic acids is 1. The van der Waals surface area contributed by atoms with Gasteiger partial charge in [0.05, 0.1) is 17.9 Å². The Bertz CT molecular complexity index is 314. The van der Waals surface area contributed by atoms with Crippen molar-refractivity contribution in [3.8, 4) is 0 Å². The molecule has 0 aliphatic heterocycles. The summed E-state index contributed by atoms with van der Waals surface area (Å²) in [5.41, 5.74) is -0.459. The van der Waals surface area contributed by atoms with E-state index < -0.39 is 29.3 Å². The van der Waals surface area contributed by atoms with E-state index in [1.54, 1.807) is 13.8 Å². The molecular formula is C12H21NO4. The number of aliphatic hydroxyl groups excluding tert-OH is 1. The highest BCUT2D eigenvalue weighted by Crippen LogP contribution is 2.58. The SMILES string of the molecule is CCC(O)CCNC(=O)C1C(C(=O)O)C1(C)C. The fourth-order valence-corrected chi connectivity index (χ4v) is 2.26. The first-order chi connectivity index (χ1) is 7.82. The zero-order valence-corrected chi connectivity index (χ0v) is 10.6. The van der Waals surface area contributed by atoms with Crippen LogP contribution in [0.1, 0.15) is 33.6 Å². The highest BCUT2D eigenvalue weighted by molar-refractivity contribution is 5.91. The summed E-state index contributed by atoms with van der Waals surface area (Å²) in [5.74, 6) is -2.16. The maximum absolute atomic E-state index is 11.7. The Balaban J connectivity index is 2.38. The lowest BCUT2D eigenvalue weighted by molar-refractivity contribution is -0.140. The van der Waals surface area contributed by atoms with Gasteiger partial charge in [0, 0.05) is 6.54 Å². The van der Waals surface area contributed by atoms with Gasteiger partial charge in [-0.15, -0.1) is 0 Å². The van der Waals surface area contributed by atoms with Crippen molar-refractivity contribution >= 4 is 11.9 Å². The van der Waals surface area contributed by atoms with Crippen LogP contribution in [0.2, 0.25) is 0 Å². The summed E-state index contributed by atoms with van der Waals surface area (Å²) in [6.07, 6.45) is 0.758. The van der Waals surface area contributed by atoms with Gasteiger partial charge in [-0.3, -0.25) is 9.59 Å². The molecule has 1 fully saturated rings. The molecule has 1 aliphatic rings. The van der Waals surface area contributed by atoms with Crippen molar-refractivity contribution in [1.82, 2.24) is 5.32 Å². The molecule has 3 unspecified atom stereocenters. The minimum Gasteiger partial charge on any atom is -0.481 e. The van der Waals surface area contributed by atoms with E-state index in [9.17, 15) is 14.7 Å². The Kier molecular flexibility index (Phi) is 4.14. The predicted octanol–water partition coefficient (Wildman–Crippen LogP) is 0.620. The van der Waals surface area contributed by atoms with Crippen LogP contribution in [0.25, 0.3) is 0 Å². The van der Waals surface area contributed by atoms with Gasteiger partial charge >= 0.3 is 5.97 Å². The largest absolute Gasteiger partial charge is 0.481 e. The first-order valence-electron chi connectivity index (χ1n) is 6.01. The lowest BCUT2D eigenvalue weighted by Crippen LogP contribution is -2.30. The normalized spacial score (nSPS) is 27.3. The number of aliphatic hydroxyl groups is 1. The molecule has 3 atom stereocenters. The fourth-order valence-electron chi connectivity index (χ4n) is 2.26. The summed E-state index contributed by atoms with van der Waals surface area (Å²) in [4.78, 5) is 22.6. The van der Waals surface area contributed by atoms with E-state index in [-0.39, 0.29) is 5.91 Å². The van der Waals surface area contributed by atoms with E-state index in [2.05, 4.69) is 5.32 Å². The van der Waals surface area contributed by atoms with Crippen LogP contribution < -0.4 is 5.32 Å². The number of carboxylic acid groups (broad SMARTS) is 1. The van der Waals surface area contributed by atoms with Crippen LogP contribution in [0.3, 0.4) is 0 Å². The molecule has 0 heterocycles. The second kappa shape index (κ2) is 5.04. The average molecular weight is 243 g/mol. The number of amides is 1. The maximum Gasteiger partial charge on any atom is 0.307 e. The van der Waals surface area contributed by atoms with Gasteiger partial charge in [0.2, 0.25) is 5.91 Å². The van der Waals surface area contributed by atoms with Crippen molar-refractivity contribution in [3.63, 3.8) is 0 Å². The van der Waals surface area contributed by atoms with E-state index in [1.807, 2.05) is 6.92 Å². The zero-order valence-electron chi connectivity index (χ0n) is 10.6. The molecule has 0 aromatic heterocycles. The van der Waals surface area contributed by atoms with Crippen molar-refractivity contribution in [2.24, 2.45) is 17.3 Å². The summed E-state index contributed by atoms with van der Waals surface area (Å²) in [5, 5.41) is 21.0. The minimum absolute atomic E-state index is 0.217. The molecule has 5 nitrogen and oxygen atoms in total. The van der Waals surface area contributed by atoms with Crippen LogP contribution in [-0.2, 0) is 9.59 Å². The molecule has 98 valence electrons. The van der Waals surface area contributed by atoms with Crippen LogP contribution in [-0.4, -0.2) is 34.7 Å². The van der Waals surface area contributed by atoms with E-state index in [0.29, 0.717) is 19.4 Å². The fraction of sp³-hybridized carbons (Fsp3) is 0.833. The molecule has 3 N–H and O–H groups in total. The Morgan fingerprint density at radius 3 is 2.35 bits per heavy atom. The number of carbonyl (C=O) groups excluding carboxylic acids is 1. The first-order valence-corrected chi connectivity index (χ1v) is 6.01. The highest BCUT2D eigenvalue weighted by Gasteiger charge is 2.65. The molecule has 0 saturated heterocycles. The smallest absolute Gasteiger partial charge is 0.307 e. The number of hydrogen-bond donors (Lipinski definition) is 3. The Morgan fingerprint density at radius 1 is 1.35 bits per heavy atom. The van der Waals surface area contributed by atoms with E-state index >= 15 is 0 Å². The molecular weight excluding hydrogens is 222 g/mol. The zero-order chi connectivity index (χ0) is 13.2. The number of hydrogen-bond acceptors (Lipinski definition) is 3. The maximum atomic E-state index is 11.7. The summed E-state index contributed by atoms with van der Waals surface area (Å²) < 4.78 is 0. The predicted molar refractivity (Wildman–Crippen MR) is 62.3 cm³/mol. The van der Waals surface area contributed by atoms with Crippen molar-refractivity contribution in [2.75, 3.05) is 6.54 Å². The molecule has 0 aromatic rings. The van der Waals surface area contributed by atoms with Crippen LogP contribution in [0.4, 0.5) is 0 Å². The number of carboxylic acids is 1. The van der Waals surface area contributed by atoms with Gasteiger partial charge in [0.25, 0.3) is 0 Å². The van der Waals surface area contributed by atoms with Gasteiger partial charge in [-0.2, -0.15) is 0 Å². The topological polar surface area (TPSA) is 86.6 Å². The quantitative estimate of drug-likeness (QED) is 0.638. The second-order valence-electron chi connectivity index (χ2n) is 5.26. The van der Waals surface area contributed by atoms with Crippen molar-refractivity contribution in [3.05, 3.63) is 0 Å². The molecule has 5 heteroatoms. The number of carbonyl (C=O) groups is 2. The Hall–Kier alpha value is -1.10. The third-order valence-electron chi connectivity index (χ3n) is 3.62. The third-order valence-corrected chi connectivity index (χ3v) is 3.62. The van der Waals surface area contributed by atoms with Crippen LogP contribution in [0.5, 0.6) is 0 Å². The molecule has 1 saturated carbocycles. The molecule has 0 aromatic carbocycles. The van der Waals surface area contributed by atoms with Crippen molar-refractivity contribution in [1.29, 1.82) is 0 Å². The van der Waals surface area contributed by atoms with Crippen molar-refractivity contribution in [2.45, 2.75) is 39.7 Å². The van der Waals surface area contributed by atoms with Crippen LogP contribution in [0, 0.1) is 17.3 Å². The summed E-state index contributed by atoms with van der Waals surface area (Å²) in [6, 6.07) is 0.